The first-order valence-corrected chi connectivity index (χ1v) is 6.94. The second-order valence-electron chi connectivity index (χ2n) is 5.63. The van der Waals surface area contributed by atoms with Gasteiger partial charge >= 0.3 is 0 Å². The van der Waals surface area contributed by atoms with Gasteiger partial charge in [-0.25, -0.2) is 0 Å². The molecule has 0 amide bonds. The van der Waals surface area contributed by atoms with Gasteiger partial charge < -0.3 is 15.4 Å². The number of aryl methyl sites for hydroxylation is 1. The Morgan fingerprint density at radius 1 is 1.26 bits per heavy atom. The Hall–Kier alpha value is -1.06. The molecule has 0 aliphatic rings. The molecule has 0 radical (unpaired) electrons. The second-order valence-corrected chi connectivity index (χ2v) is 5.63. The summed E-state index contributed by atoms with van der Waals surface area (Å²) in [6.07, 6.45) is 1.06. The summed E-state index contributed by atoms with van der Waals surface area (Å²) in [6, 6.07) is 2.48. The lowest BCUT2D eigenvalue weighted by Crippen LogP contribution is -2.34. The first kappa shape index (κ1) is 16.0. The second kappa shape index (κ2) is 6.92. The summed E-state index contributed by atoms with van der Waals surface area (Å²) >= 11 is 0. The third-order valence-electron chi connectivity index (χ3n) is 3.70. The topological polar surface area (TPSA) is 38.5 Å². The van der Waals surface area contributed by atoms with E-state index in [2.05, 4.69) is 38.8 Å². The van der Waals surface area contributed by atoms with Gasteiger partial charge in [0.15, 0.2) is 0 Å². The minimum atomic E-state index is 0.227. The molecule has 1 rings (SSSR count). The van der Waals surface area contributed by atoms with Crippen LogP contribution in [-0.2, 0) is 6.42 Å². The summed E-state index contributed by atoms with van der Waals surface area (Å²) in [5.74, 6) is 1.02. The highest BCUT2D eigenvalue weighted by atomic mass is 16.5. The molecule has 2 N–H and O–H groups in total. The van der Waals surface area contributed by atoms with Gasteiger partial charge in [-0.2, -0.15) is 0 Å². The molecule has 0 spiro atoms. The first-order valence-electron chi connectivity index (χ1n) is 6.94. The summed E-state index contributed by atoms with van der Waals surface area (Å²) in [5, 5.41) is 0. The molecule has 3 nitrogen and oxygen atoms in total. The number of likely N-dealkylation sites (N-methyl/N-ethyl adjacent to an activating group) is 1. The van der Waals surface area contributed by atoms with Crippen molar-refractivity contribution in [2.45, 2.75) is 40.2 Å². The van der Waals surface area contributed by atoms with Crippen molar-refractivity contribution in [1.29, 1.82) is 0 Å². The number of ether oxygens (including phenoxy) is 1. The zero-order valence-corrected chi connectivity index (χ0v) is 13.2. The molecular weight excluding hydrogens is 236 g/mol. The van der Waals surface area contributed by atoms with E-state index in [-0.39, 0.29) is 6.04 Å². The summed E-state index contributed by atoms with van der Waals surface area (Å²) in [6.45, 7) is 10.4. The Morgan fingerprint density at radius 2 is 1.89 bits per heavy atom. The molecule has 1 aromatic carbocycles. The lowest BCUT2D eigenvalue weighted by atomic mass is 9.96. The number of nitrogens with two attached hydrogens (primary N) is 1. The third-order valence-corrected chi connectivity index (χ3v) is 3.70. The van der Waals surface area contributed by atoms with Gasteiger partial charge in [-0.1, -0.05) is 6.07 Å². The molecule has 0 heterocycles. The van der Waals surface area contributed by atoms with E-state index in [1.807, 2.05) is 6.92 Å². The maximum atomic E-state index is 5.82. The lowest BCUT2D eigenvalue weighted by molar-refractivity contribution is 0.321. The number of benzene rings is 1. The van der Waals surface area contributed by atoms with Crippen LogP contribution in [0, 0.1) is 20.8 Å². The van der Waals surface area contributed by atoms with E-state index < -0.39 is 0 Å². The van der Waals surface area contributed by atoms with Crippen LogP contribution in [0.15, 0.2) is 6.07 Å². The van der Waals surface area contributed by atoms with Crippen molar-refractivity contribution in [2.24, 2.45) is 5.73 Å². The smallest absolute Gasteiger partial charge is 0.124 e. The number of nitrogens with zero attached hydrogens (tertiary/aromatic N) is 1. The number of hydrogen-bond donors (Lipinski definition) is 1. The van der Waals surface area contributed by atoms with Crippen molar-refractivity contribution in [3.8, 4) is 5.75 Å². The molecule has 0 aliphatic carbocycles. The highest BCUT2D eigenvalue weighted by Crippen LogP contribution is 2.28. The molecule has 1 atom stereocenters. The van der Waals surface area contributed by atoms with Crippen molar-refractivity contribution in [1.82, 2.24) is 4.90 Å². The van der Waals surface area contributed by atoms with E-state index in [9.17, 15) is 0 Å². The average Bonchev–Trinajstić information content (AvgIpc) is 2.32. The molecule has 1 unspecified atom stereocenters. The number of methoxy groups -OCH3 is 1. The monoisotopic (exact) mass is 264 g/mol. The third kappa shape index (κ3) is 4.22. The Kier molecular flexibility index (Phi) is 5.83. The van der Waals surface area contributed by atoms with Gasteiger partial charge in [-0.15, -0.1) is 0 Å². The zero-order chi connectivity index (χ0) is 14.6. The zero-order valence-electron chi connectivity index (χ0n) is 13.2. The summed E-state index contributed by atoms with van der Waals surface area (Å²) in [5.41, 5.74) is 11.0. The van der Waals surface area contributed by atoms with Crippen LogP contribution in [0.1, 0.15) is 29.2 Å². The van der Waals surface area contributed by atoms with Crippen LogP contribution >= 0.6 is 0 Å². The Bertz CT molecular complexity index is 427. The van der Waals surface area contributed by atoms with Crippen LogP contribution in [-0.4, -0.2) is 38.2 Å². The van der Waals surface area contributed by atoms with Gasteiger partial charge in [-0.3, -0.25) is 0 Å². The molecule has 108 valence electrons. The van der Waals surface area contributed by atoms with Gasteiger partial charge in [-0.05, 0) is 63.4 Å². The predicted molar refractivity (Wildman–Crippen MR) is 82.1 cm³/mol. The molecule has 0 saturated heterocycles. The van der Waals surface area contributed by atoms with Crippen LogP contribution in [0.25, 0.3) is 0 Å². The SMILES string of the molecule is COc1c(C)cc(CCN(C)CC(C)N)c(C)c1C. The molecule has 3 heteroatoms. The van der Waals surface area contributed by atoms with E-state index in [0.717, 1.165) is 25.3 Å². The van der Waals surface area contributed by atoms with Gasteiger partial charge in [0.05, 0.1) is 7.11 Å². The Morgan fingerprint density at radius 3 is 2.42 bits per heavy atom. The minimum Gasteiger partial charge on any atom is -0.496 e. The van der Waals surface area contributed by atoms with Crippen LogP contribution in [0.5, 0.6) is 5.75 Å². The maximum Gasteiger partial charge on any atom is 0.124 e. The Labute approximate surface area is 117 Å². The molecule has 0 bridgehead atoms. The quantitative estimate of drug-likeness (QED) is 0.857. The predicted octanol–water partition coefficient (Wildman–Crippen LogP) is 2.44. The number of rotatable bonds is 6. The van der Waals surface area contributed by atoms with Crippen LogP contribution in [0.4, 0.5) is 0 Å². The lowest BCUT2D eigenvalue weighted by Gasteiger charge is -2.21. The average molecular weight is 264 g/mol. The van der Waals surface area contributed by atoms with E-state index >= 15 is 0 Å². The highest BCUT2D eigenvalue weighted by molar-refractivity contribution is 5.49. The van der Waals surface area contributed by atoms with Crippen molar-refractivity contribution in [3.63, 3.8) is 0 Å². The summed E-state index contributed by atoms with van der Waals surface area (Å²) in [7, 11) is 3.87. The van der Waals surface area contributed by atoms with Gasteiger partial charge in [0.25, 0.3) is 0 Å². The molecule has 0 aromatic heterocycles. The number of hydrogen-bond acceptors (Lipinski definition) is 3. The highest BCUT2D eigenvalue weighted by Gasteiger charge is 2.11. The van der Waals surface area contributed by atoms with E-state index in [4.69, 9.17) is 10.5 Å². The Balaban J connectivity index is 2.80. The largest absolute Gasteiger partial charge is 0.496 e. The van der Waals surface area contributed by atoms with Crippen molar-refractivity contribution >= 4 is 0 Å². The maximum absolute atomic E-state index is 5.82. The summed E-state index contributed by atoms with van der Waals surface area (Å²) in [4.78, 5) is 2.29. The van der Waals surface area contributed by atoms with Crippen LogP contribution < -0.4 is 10.5 Å². The fraction of sp³-hybridized carbons (Fsp3) is 0.625. The standard InChI is InChI=1S/C16H28N2O/c1-11-9-15(7-8-18(5)10-12(2)17)13(3)14(4)16(11)19-6/h9,12H,7-8,10,17H2,1-6H3. The molecule has 1 aromatic rings. The molecular formula is C16H28N2O. The van der Waals surface area contributed by atoms with E-state index in [1.165, 1.54) is 22.3 Å². The van der Waals surface area contributed by atoms with Crippen molar-refractivity contribution < 1.29 is 4.74 Å². The van der Waals surface area contributed by atoms with Gasteiger partial charge in [0.1, 0.15) is 5.75 Å². The van der Waals surface area contributed by atoms with Gasteiger partial charge in [0, 0.05) is 19.1 Å². The first-order chi connectivity index (χ1) is 8.86. The van der Waals surface area contributed by atoms with Crippen LogP contribution in [0.2, 0.25) is 0 Å². The molecule has 0 saturated carbocycles. The van der Waals surface area contributed by atoms with E-state index in [0.29, 0.717) is 0 Å². The fourth-order valence-electron chi connectivity index (χ4n) is 2.61. The van der Waals surface area contributed by atoms with Gasteiger partial charge in [0.2, 0.25) is 0 Å². The minimum absolute atomic E-state index is 0.227. The van der Waals surface area contributed by atoms with Crippen molar-refractivity contribution in [2.75, 3.05) is 27.2 Å². The summed E-state index contributed by atoms with van der Waals surface area (Å²) < 4.78 is 5.46. The van der Waals surface area contributed by atoms with E-state index in [1.54, 1.807) is 7.11 Å². The van der Waals surface area contributed by atoms with Crippen molar-refractivity contribution in [3.05, 3.63) is 28.3 Å². The van der Waals surface area contributed by atoms with Crippen LogP contribution in [0.3, 0.4) is 0 Å². The molecule has 0 fully saturated rings. The molecule has 0 aliphatic heterocycles. The fourth-order valence-corrected chi connectivity index (χ4v) is 2.61. The molecule has 19 heavy (non-hydrogen) atoms. The normalized spacial score (nSPS) is 12.8.